The molecule has 1 unspecified atom stereocenters. The molecule has 0 radical (unpaired) electrons. The molecule has 0 bridgehead atoms. The first-order chi connectivity index (χ1) is 5.70. The van der Waals surface area contributed by atoms with Crippen LogP contribution in [-0.2, 0) is 11.3 Å². The fraction of sp³-hybridized carbons (Fsp3) is 1.00. The molecule has 0 saturated heterocycles. The number of nitrogens with zero attached hydrogens (tertiary/aromatic N) is 1. The van der Waals surface area contributed by atoms with Crippen molar-refractivity contribution < 1.29 is 8.76 Å². The van der Waals surface area contributed by atoms with E-state index in [0.29, 0.717) is 6.67 Å². The van der Waals surface area contributed by atoms with Gasteiger partial charge < -0.3 is 0 Å². The highest BCUT2D eigenvalue weighted by molar-refractivity contribution is 7.77. The van der Waals surface area contributed by atoms with Crippen LogP contribution in [0.5, 0.6) is 0 Å². The predicted octanol–water partition coefficient (Wildman–Crippen LogP) is 0.792. The van der Waals surface area contributed by atoms with Gasteiger partial charge in [-0.15, -0.1) is 0 Å². The summed E-state index contributed by atoms with van der Waals surface area (Å²) in [4.78, 5) is 2.12. The summed E-state index contributed by atoms with van der Waals surface area (Å²) < 4.78 is 21.2. The normalized spacial score (nSPS) is 13.7. The molecular formula is C7H18N2O2S. The topological polar surface area (TPSA) is 52.6 Å². The highest BCUT2D eigenvalue weighted by Crippen LogP contribution is 1.91. The molecule has 5 heteroatoms. The zero-order chi connectivity index (χ0) is 9.40. The first-order valence-electron chi connectivity index (χ1n) is 4.27. The van der Waals surface area contributed by atoms with E-state index in [-0.39, 0.29) is 0 Å². The first kappa shape index (κ1) is 12.0. The van der Waals surface area contributed by atoms with Gasteiger partial charge in [-0.1, -0.05) is 13.8 Å². The molecule has 4 nitrogen and oxygen atoms in total. The molecule has 0 aromatic heterocycles. The van der Waals surface area contributed by atoms with Gasteiger partial charge in [-0.05, 0) is 25.9 Å². The van der Waals surface area contributed by atoms with Gasteiger partial charge in [0.2, 0.25) is 11.3 Å². The Morgan fingerprint density at radius 1 is 1.33 bits per heavy atom. The van der Waals surface area contributed by atoms with Gasteiger partial charge in [0, 0.05) is 0 Å². The van der Waals surface area contributed by atoms with Crippen molar-refractivity contribution in [3.05, 3.63) is 0 Å². The largest absolute Gasteiger partial charge is 0.294 e. The Morgan fingerprint density at radius 2 is 1.83 bits per heavy atom. The maximum atomic E-state index is 10.3. The van der Waals surface area contributed by atoms with E-state index in [0.717, 1.165) is 25.9 Å². The molecular weight excluding hydrogens is 176 g/mol. The summed E-state index contributed by atoms with van der Waals surface area (Å²) in [7, 11) is 0. The van der Waals surface area contributed by atoms with Crippen molar-refractivity contribution in [1.29, 1.82) is 0 Å². The SMILES string of the molecule is CCCN(CCC)CNS(=O)O. The summed E-state index contributed by atoms with van der Waals surface area (Å²) >= 11 is -1.88. The lowest BCUT2D eigenvalue weighted by Gasteiger charge is -2.19. The van der Waals surface area contributed by atoms with Gasteiger partial charge in [0.1, 0.15) is 0 Å². The van der Waals surface area contributed by atoms with Crippen LogP contribution < -0.4 is 4.72 Å². The lowest BCUT2D eigenvalue weighted by atomic mass is 10.4. The van der Waals surface area contributed by atoms with E-state index in [9.17, 15) is 4.21 Å². The third-order valence-electron chi connectivity index (χ3n) is 1.49. The van der Waals surface area contributed by atoms with E-state index in [1.54, 1.807) is 0 Å². The van der Waals surface area contributed by atoms with Gasteiger partial charge >= 0.3 is 0 Å². The van der Waals surface area contributed by atoms with Crippen LogP contribution >= 0.6 is 0 Å². The Morgan fingerprint density at radius 3 is 2.17 bits per heavy atom. The highest BCUT2D eigenvalue weighted by Gasteiger charge is 2.02. The number of hydrogen-bond donors (Lipinski definition) is 2. The molecule has 1 atom stereocenters. The minimum atomic E-state index is -1.88. The monoisotopic (exact) mass is 194 g/mol. The van der Waals surface area contributed by atoms with Crippen LogP contribution in [0, 0.1) is 0 Å². The van der Waals surface area contributed by atoms with Crippen LogP contribution in [0.1, 0.15) is 26.7 Å². The van der Waals surface area contributed by atoms with Crippen LogP contribution in [0.4, 0.5) is 0 Å². The molecule has 0 fully saturated rings. The maximum Gasteiger partial charge on any atom is 0.232 e. The van der Waals surface area contributed by atoms with E-state index in [1.165, 1.54) is 0 Å². The van der Waals surface area contributed by atoms with E-state index < -0.39 is 11.3 Å². The zero-order valence-electron chi connectivity index (χ0n) is 7.75. The molecule has 0 aliphatic rings. The standard InChI is InChI=1S/C7H18N2O2S/c1-3-5-9(6-4-2)7-8-12(10)11/h8H,3-7H2,1-2H3,(H,10,11). The van der Waals surface area contributed by atoms with Gasteiger partial charge in [0.05, 0.1) is 6.67 Å². The molecule has 0 aliphatic carbocycles. The Bertz CT molecular complexity index is 127. The molecule has 2 N–H and O–H groups in total. The molecule has 0 aromatic rings. The summed E-state index contributed by atoms with van der Waals surface area (Å²) in [5, 5.41) is 0. The predicted molar refractivity (Wildman–Crippen MR) is 50.9 cm³/mol. The quantitative estimate of drug-likeness (QED) is 0.465. The third-order valence-corrected chi connectivity index (χ3v) is 1.87. The van der Waals surface area contributed by atoms with Crippen molar-refractivity contribution in [1.82, 2.24) is 9.62 Å². The first-order valence-corrected chi connectivity index (χ1v) is 5.38. The molecule has 0 aliphatic heterocycles. The summed E-state index contributed by atoms with van der Waals surface area (Å²) in [6.07, 6.45) is 2.14. The van der Waals surface area contributed by atoms with Crippen molar-refractivity contribution in [3.8, 4) is 0 Å². The van der Waals surface area contributed by atoms with Gasteiger partial charge in [-0.2, -0.15) is 0 Å². The van der Waals surface area contributed by atoms with Crippen LogP contribution in [0.2, 0.25) is 0 Å². The minimum absolute atomic E-state index is 0.491. The van der Waals surface area contributed by atoms with Crippen molar-refractivity contribution >= 4 is 11.3 Å². The molecule has 0 heterocycles. The fourth-order valence-corrected chi connectivity index (χ4v) is 1.34. The second-order valence-corrected chi connectivity index (χ2v) is 3.46. The maximum absolute atomic E-state index is 10.3. The van der Waals surface area contributed by atoms with E-state index in [2.05, 4.69) is 23.5 Å². The molecule has 0 rings (SSSR count). The second-order valence-electron chi connectivity index (χ2n) is 2.67. The third kappa shape index (κ3) is 6.72. The Labute approximate surface area is 76.8 Å². The molecule has 0 aromatic carbocycles. The Balaban J connectivity index is 3.54. The smallest absolute Gasteiger partial charge is 0.232 e. The molecule has 0 saturated carbocycles. The Hall–Kier alpha value is 0.0300. The number of nitrogens with one attached hydrogen (secondary N) is 1. The molecule has 0 amide bonds. The average Bonchev–Trinajstić information content (AvgIpc) is 2.01. The summed E-state index contributed by atoms with van der Waals surface area (Å²) in [5.41, 5.74) is 0. The summed E-state index contributed by atoms with van der Waals surface area (Å²) in [5.74, 6) is 0. The Kier molecular flexibility index (Phi) is 7.69. The van der Waals surface area contributed by atoms with Crippen LogP contribution in [0.25, 0.3) is 0 Å². The minimum Gasteiger partial charge on any atom is -0.294 e. The van der Waals surface area contributed by atoms with E-state index in [4.69, 9.17) is 4.55 Å². The average molecular weight is 194 g/mol. The van der Waals surface area contributed by atoms with Crippen molar-refractivity contribution in [2.45, 2.75) is 26.7 Å². The van der Waals surface area contributed by atoms with E-state index >= 15 is 0 Å². The number of rotatable bonds is 7. The van der Waals surface area contributed by atoms with Crippen molar-refractivity contribution in [3.63, 3.8) is 0 Å². The zero-order valence-corrected chi connectivity index (χ0v) is 8.56. The molecule has 74 valence electrons. The highest BCUT2D eigenvalue weighted by atomic mass is 32.2. The van der Waals surface area contributed by atoms with Gasteiger partial charge in [-0.3, -0.25) is 9.45 Å². The van der Waals surface area contributed by atoms with Crippen LogP contribution in [0.15, 0.2) is 0 Å². The summed E-state index contributed by atoms with van der Waals surface area (Å²) in [6, 6.07) is 0. The van der Waals surface area contributed by atoms with Gasteiger partial charge in [-0.25, -0.2) is 8.93 Å². The second kappa shape index (κ2) is 7.67. The number of hydrogen-bond acceptors (Lipinski definition) is 2. The van der Waals surface area contributed by atoms with E-state index in [1.807, 2.05) is 0 Å². The van der Waals surface area contributed by atoms with Gasteiger partial charge in [0.15, 0.2) is 0 Å². The van der Waals surface area contributed by atoms with Crippen LogP contribution in [-0.4, -0.2) is 33.4 Å². The van der Waals surface area contributed by atoms with Gasteiger partial charge in [0.25, 0.3) is 0 Å². The lowest BCUT2D eigenvalue weighted by Crippen LogP contribution is -2.36. The lowest BCUT2D eigenvalue weighted by molar-refractivity contribution is 0.270. The molecule has 12 heavy (non-hydrogen) atoms. The summed E-state index contributed by atoms with van der Waals surface area (Å²) in [6.45, 7) is 6.62. The van der Waals surface area contributed by atoms with Crippen molar-refractivity contribution in [2.24, 2.45) is 0 Å². The van der Waals surface area contributed by atoms with Crippen LogP contribution in [0.3, 0.4) is 0 Å². The van der Waals surface area contributed by atoms with Crippen molar-refractivity contribution in [2.75, 3.05) is 19.8 Å². The molecule has 0 spiro atoms. The fourth-order valence-electron chi connectivity index (χ4n) is 1.05.